The van der Waals surface area contributed by atoms with Gasteiger partial charge in [-0.05, 0) is 32.6 Å². The van der Waals surface area contributed by atoms with Crippen LogP contribution in [0.15, 0.2) is 6.07 Å². The smallest absolute Gasteiger partial charge is 0.158 e. The molecule has 1 saturated heterocycles. The minimum Gasteiger partial charge on any atom is -0.374 e. The molecule has 0 bridgehead atoms. The molecule has 118 valence electrons. The predicted octanol–water partition coefficient (Wildman–Crippen LogP) is 3.07. The highest BCUT2D eigenvalue weighted by Gasteiger charge is 2.23. The SMILES string of the molecule is CCCC1CCN(c2cc(NCC)nc(COCC)n2)C1. The van der Waals surface area contributed by atoms with Gasteiger partial charge in [0.15, 0.2) is 5.82 Å². The number of nitrogens with one attached hydrogen (secondary N) is 1. The van der Waals surface area contributed by atoms with Gasteiger partial charge in [-0.25, -0.2) is 9.97 Å². The van der Waals surface area contributed by atoms with Crippen molar-refractivity contribution < 1.29 is 4.74 Å². The fourth-order valence-corrected chi connectivity index (χ4v) is 2.86. The lowest BCUT2D eigenvalue weighted by atomic mass is 10.0. The summed E-state index contributed by atoms with van der Waals surface area (Å²) in [5.74, 6) is 3.51. The lowest BCUT2D eigenvalue weighted by Gasteiger charge is -2.19. The normalized spacial score (nSPS) is 18.2. The number of hydrogen-bond acceptors (Lipinski definition) is 5. The second-order valence-electron chi connectivity index (χ2n) is 5.58. The van der Waals surface area contributed by atoms with E-state index in [1.54, 1.807) is 0 Å². The van der Waals surface area contributed by atoms with Crippen molar-refractivity contribution in [2.45, 2.75) is 46.6 Å². The topological polar surface area (TPSA) is 50.3 Å². The van der Waals surface area contributed by atoms with Crippen molar-refractivity contribution in [1.82, 2.24) is 9.97 Å². The van der Waals surface area contributed by atoms with Crippen LogP contribution in [0.25, 0.3) is 0 Å². The van der Waals surface area contributed by atoms with Crippen LogP contribution in [0, 0.1) is 5.92 Å². The average Bonchev–Trinajstić information content (AvgIpc) is 2.94. The quantitative estimate of drug-likeness (QED) is 0.798. The van der Waals surface area contributed by atoms with Crippen molar-refractivity contribution >= 4 is 11.6 Å². The maximum absolute atomic E-state index is 5.46. The molecule has 1 aromatic heterocycles. The van der Waals surface area contributed by atoms with E-state index in [0.29, 0.717) is 13.2 Å². The molecule has 0 amide bonds. The van der Waals surface area contributed by atoms with E-state index in [1.165, 1.54) is 19.3 Å². The van der Waals surface area contributed by atoms with E-state index in [1.807, 2.05) is 6.92 Å². The van der Waals surface area contributed by atoms with Crippen LogP contribution in [0.4, 0.5) is 11.6 Å². The van der Waals surface area contributed by atoms with Crippen molar-refractivity contribution in [1.29, 1.82) is 0 Å². The molecule has 0 radical (unpaired) electrons. The molecular weight excluding hydrogens is 264 g/mol. The van der Waals surface area contributed by atoms with Crippen molar-refractivity contribution in [2.24, 2.45) is 5.92 Å². The molecule has 1 aliphatic heterocycles. The Morgan fingerprint density at radius 3 is 2.90 bits per heavy atom. The van der Waals surface area contributed by atoms with E-state index < -0.39 is 0 Å². The van der Waals surface area contributed by atoms with Crippen LogP contribution < -0.4 is 10.2 Å². The van der Waals surface area contributed by atoms with Crippen molar-refractivity contribution in [3.05, 3.63) is 11.9 Å². The van der Waals surface area contributed by atoms with Gasteiger partial charge in [0.2, 0.25) is 0 Å². The molecule has 1 aromatic rings. The summed E-state index contributed by atoms with van der Waals surface area (Å²) in [7, 11) is 0. The first kappa shape index (κ1) is 16.0. The molecule has 0 spiro atoms. The van der Waals surface area contributed by atoms with Crippen LogP contribution in [0.2, 0.25) is 0 Å². The third-order valence-electron chi connectivity index (χ3n) is 3.86. The summed E-state index contributed by atoms with van der Waals surface area (Å²) in [6.07, 6.45) is 3.85. The Morgan fingerprint density at radius 1 is 1.33 bits per heavy atom. The Balaban J connectivity index is 2.11. The Hall–Kier alpha value is -1.36. The largest absolute Gasteiger partial charge is 0.374 e. The molecular formula is C16H28N4O. The van der Waals surface area contributed by atoms with Gasteiger partial charge in [0, 0.05) is 32.3 Å². The van der Waals surface area contributed by atoms with Gasteiger partial charge in [-0.3, -0.25) is 0 Å². The number of aromatic nitrogens is 2. The first-order valence-corrected chi connectivity index (χ1v) is 8.21. The van der Waals surface area contributed by atoms with Crippen molar-refractivity contribution in [3.8, 4) is 0 Å². The van der Waals surface area contributed by atoms with Crippen molar-refractivity contribution in [3.63, 3.8) is 0 Å². The third kappa shape index (κ3) is 4.56. The first-order chi connectivity index (χ1) is 10.3. The molecule has 5 heteroatoms. The highest BCUT2D eigenvalue weighted by molar-refractivity contribution is 5.50. The molecule has 0 aliphatic carbocycles. The van der Waals surface area contributed by atoms with Gasteiger partial charge < -0.3 is 15.0 Å². The zero-order valence-corrected chi connectivity index (χ0v) is 13.6. The standard InChI is InChI=1S/C16H28N4O/c1-4-7-13-8-9-20(11-13)16-10-14(17-5-2)18-15(19-16)12-21-6-3/h10,13H,4-9,11-12H2,1-3H3,(H,17,18,19). The Morgan fingerprint density at radius 2 is 2.19 bits per heavy atom. The minimum atomic E-state index is 0.481. The fraction of sp³-hybridized carbons (Fsp3) is 0.750. The van der Waals surface area contributed by atoms with Crippen LogP contribution in [-0.2, 0) is 11.3 Å². The van der Waals surface area contributed by atoms with Gasteiger partial charge in [0.1, 0.15) is 18.2 Å². The molecule has 2 rings (SSSR count). The number of anilines is 2. The van der Waals surface area contributed by atoms with Gasteiger partial charge in [-0.1, -0.05) is 13.3 Å². The summed E-state index contributed by atoms with van der Waals surface area (Å²) in [6.45, 7) is 10.6. The highest BCUT2D eigenvalue weighted by atomic mass is 16.5. The lowest BCUT2D eigenvalue weighted by molar-refractivity contribution is 0.128. The minimum absolute atomic E-state index is 0.481. The van der Waals surface area contributed by atoms with Crippen molar-refractivity contribution in [2.75, 3.05) is 36.5 Å². The van der Waals surface area contributed by atoms with Crippen LogP contribution in [0.5, 0.6) is 0 Å². The molecule has 2 heterocycles. The first-order valence-electron chi connectivity index (χ1n) is 8.21. The second-order valence-corrected chi connectivity index (χ2v) is 5.58. The summed E-state index contributed by atoms with van der Waals surface area (Å²) < 4.78 is 5.46. The fourth-order valence-electron chi connectivity index (χ4n) is 2.86. The van der Waals surface area contributed by atoms with Gasteiger partial charge in [-0.2, -0.15) is 0 Å². The number of rotatable bonds is 8. The maximum atomic E-state index is 5.46. The number of hydrogen-bond donors (Lipinski definition) is 1. The van der Waals surface area contributed by atoms with Gasteiger partial charge >= 0.3 is 0 Å². The van der Waals surface area contributed by atoms with E-state index in [2.05, 4.69) is 40.1 Å². The van der Waals surface area contributed by atoms with Crippen LogP contribution in [0.1, 0.15) is 45.9 Å². The Labute approximate surface area is 128 Å². The zero-order chi connectivity index (χ0) is 15.1. The third-order valence-corrected chi connectivity index (χ3v) is 3.86. The van der Waals surface area contributed by atoms with Gasteiger partial charge in [0.05, 0.1) is 0 Å². The van der Waals surface area contributed by atoms with E-state index in [4.69, 9.17) is 4.74 Å². The Kier molecular flexibility index (Phi) is 6.23. The molecule has 1 unspecified atom stereocenters. The molecule has 0 saturated carbocycles. The summed E-state index contributed by atoms with van der Waals surface area (Å²) in [5, 5.41) is 3.29. The van der Waals surface area contributed by atoms with Crippen LogP contribution >= 0.6 is 0 Å². The predicted molar refractivity (Wildman–Crippen MR) is 86.8 cm³/mol. The van der Waals surface area contributed by atoms with Gasteiger partial charge in [-0.15, -0.1) is 0 Å². The molecule has 1 atom stereocenters. The van der Waals surface area contributed by atoms with Gasteiger partial charge in [0.25, 0.3) is 0 Å². The molecule has 0 aromatic carbocycles. The summed E-state index contributed by atoms with van der Waals surface area (Å²) >= 11 is 0. The van der Waals surface area contributed by atoms with E-state index in [0.717, 1.165) is 43.0 Å². The number of nitrogens with zero attached hydrogens (tertiary/aromatic N) is 3. The highest BCUT2D eigenvalue weighted by Crippen LogP contribution is 2.26. The summed E-state index contributed by atoms with van der Waals surface area (Å²) in [4.78, 5) is 11.6. The van der Waals surface area contributed by atoms with Crippen LogP contribution in [-0.4, -0.2) is 36.2 Å². The second kappa shape index (κ2) is 8.17. The van der Waals surface area contributed by atoms with E-state index in [-0.39, 0.29) is 0 Å². The maximum Gasteiger partial charge on any atom is 0.158 e. The summed E-state index contributed by atoms with van der Waals surface area (Å²) in [6, 6.07) is 2.06. The monoisotopic (exact) mass is 292 g/mol. The number of ether oxygens (including phenoxy) is 1. The lowest BCUT2D eigenvalue weighted by Crippen LogP contribution is -2.22. The molecule has 5 nitrogen and oxygen atoms in total. The molecule has 1 fully saturated rings. The van der Waals surface area contributed by atoms with E-state index in [9.17, 15) is 0 Å². The van der Waals surface area contributed by atoms with E-state index >= 15 is 0 Å². The zero-order valence-electron chi connectivity index (χ0n) is 13.6. The summed E-state index contributed by atoms with van der Waals surface area (Å²) in [5.41, 5.74) is 0. The molecule has 1 N–H and O–H groups in total. The average molecular weight is 292 g/mol. The Bertz CT molecular complexity index is 438. The van der Waals surface area contributed by atoms with Crippen LogP contribution in [0.3, 0.4) is 0 Å². The molecule has 1 aliphatic rings. The molecule has 21 heavy (non-hydrogen) atoms.